The van der Waals surface area contributed by atoms with Crippen molar-refractivity contribution in [2.45, 2.75) is 40.4 Å². The number of amides is 2. The topological polar surface area (TPSA) is 76.2 Å². The summed E-state index contributed by atoms with van der Waals surface area (Å²) < 4.78 is 7.29. The average molecular weight is 353 g/mol. The molecule has 26 heavy (non-hydrogen) atoms. The Morgan fingerprint density at radius 2 is 2.08 bits per heavy atom. The van der Waals surface area contributed by atoms with E-state index in [4.69, 9.17) is 4.42 Å². The zero-order valence-corrected chi connectivity index (χ0v) is 15.3. The van der Waals surface area contributed by atoms with E-state index >= 15 is 0 Å². The summed E-state index contributed by atoms with van der Waals surface area (Å²) >= 11 is 0. The number of furan rings is 1. The van der Waals surface area contributed by atoms with Gasteiger partial charge in [0.1, 0.15) is 5.76 Å². The molecular weight excluding hydrogens is 330 g/mol. The maximum Gasteiger partial charge on any atom is 0.322 e. The Hall–Kier alpha value is -3.09. The average Bonchev–Trinajstić information content (AvgIpc) is 3.25. The van der Waals surface area contributed by atoms with E-state index in [2.05, 4.69) is 15.4 Å². The van der Waals surface area contributed by atoms with E-state index in [1.165, 1.54) is 0 Å². The molecule has 7 heteroatoms. The molecule has 136 valence electrons. The van der Waals surface area contributed by atoms with Crippen molar-refractivity contribution in [3.05, 3.63) is 65.6 Å². The quantitative estimate of drug-likeness (QED) is 0.732. The van der Waals surface area contributed by atoms with Crippen LogP contribution in [-0.2, 0) is 19.6 Å². The van der Waals surface area contributed by atoms with Crippen LogP contribution in [-0.4, -0.2) is 25.7 Å². The van der Waals surface area contributed by atoms with E-state index in [9.17, 15) is 4.79 Å². The molecule has 0 saturated carbocycles. The summed E-state index contributed by atoms with van der Waals surface area (Å²) in [5.74, 6) is 0.716. The Labute approximate surface area is 152 Å². The first kappa shape index (κ1) is 17.7. The smallest absolute Gasteiger partial charge is 0.322 e. The summed E-state index contributed by atoms with van der Waals surface area (Å²) in [4.78, 5) is 18.9. The number of aryl methyl sites for hydroxylation is 2. The van der Waals surface area contributed by atoms with Gasteiger partial charge in [0.25, 0.3) is 0 Å². The summed E-state index contributed by atoms with van der Waals surface area (Å²) in [6.07, 6.45) is 3.32. The Morgan fingerprint density at radius 1 is 1.23 bits per heavy atom. The predicted octanol–water partition coefficient (Wildman–Crippen LogP) is 3.74. The minimum absolute atomic E-state index is 0.214. The SMILES string of the molecule is CCn1nc(C)c(NC(=O)N(Cc2ccccn2)Cc2ccco2)c1C. The van der Waals surface area contributed by atoms with Crippen LogP contribution in [0.25, 0.3) is 0 Å². The summed E-state index contributed by atoms with van der Waals surface area (Å²) in [6, 6.07) is 9.11. The van der Waals surface area contributed by atoms with E-state index in [1.54, 1.807) is 17.4 Å². The molecule has 3 aromatic heterocycles. The summed E-state index contributed by atoms with van der Waals surface area (Å²) in [5.41, 5.74) is 3.30. The first-order valence-electron chi connectivity index (χ1n) is 8.60. The van der Waals surface area contributed by atoms with Crippen molar-refractivity contribution in [1.29, 1.82) is 0 Å². The lowest BCUT2D eigenvalue weighted by Gasteiger charge is -2.22. The van der Waals surface area contributed by atoms with Crippen LogP contribution < -0.4 is 5.32 Å². The fourth-order valence-electron chi connectivity index (χ4n) is 2.85. The first-order chi connectivity index (χ1) is 12.6. The number of rotatable bonds is 6. The van der Waals surface area contributed by atoms with Crippen molar-refractivity contribution >= 4 is 11.7 Å². The van der Waals surface area contributed by atoms with Gasteiger partial charge in [0.2, 0.25) is 0 Å². The van der Waals surface area contributed by atoms with E-state index in [0.29, 0.717) is 18.8 Å². The van der Waals surface area contributed by atoms with Crippen LogP contribution in [0, 0.1) is 13.8 Å². The number of hydrogen-bond donors (Lipinski definition) is 1. The highest BCUT2D eigenvalue weighted by atomic mass is 16.3. The van der Waals surface area contributed by atoms with Crippen LogP contribution in [0.1, 0.15) is 29.8 Å². The molecule has 3 heterocycles. The molecule has 0 saturated heterocycles. The van der Waals surface area contributed by atoms with Crippen LogP contribution in [0.4, 0.5) is 10.5 Å². The second-order valence-electron chi connectivity index (χ2n) is 6.05. The molecule has 0 bridgehead atoms. The molecule has 0 aliphatic rings. The molecule has 0 aliphatic carbocycles. The van der Waals surface area contributed by atoms with E-state index in [-0.39, 0.29) is 6.03 Å². The van der Waals surface area contributed by atoms with E-state index in [0.717, 1.165) is 29.3 Å². The van der Waals surface area contributed by atoms with Crippen LogP contribution in [0.5, 0.6) is 0 Å². The normalized spacial score (nSPS) is 10.7. The lowest BCUT2D eigenvalue weighted by Crippen LogP contribution is -2.34. The molecule has 3 aromatic rings. The van der Waals surface area contributed by atoms with E-state index < -0.39 is 0 Å². The maximum absolute atomic E-state index is 13.0. The third-order valence-electron chi connectivity index (χ3n) is 4.21. The molecule has 1 N–H and O–H groups in total. The number of urea groups is 1. The van der Waals surface area contributed by atoms with E-state index in [1.807, 2.05) is 55.8 Å². The van der Waals surface area contributed by atoms with Crippen LogP contribution in [0.15, 0.2) is 47.2 Å². The largest absolute Gasteiger partial charge is 0.467 e. The fraction of sp³-hybridized carbons (Fsp3) is 0.316. The van der Waals surface area contributed by atoms with Crippen LogP contribution in [0.3, 0.4) is 0 Å². The third-order valence-corrected chi connectivity index (χ3v) is 4.21. The predicted molar refractivity (Wildman–Crippen MR) is 98.6 cm³/mol. The Bertz CT molecular complexity index is 856. The van der Waals surface area contributed by atoms with Gasteiger partial charge in [-0.1, -0.05) is 6.07 Å². The van der Waals surface area contributed by atoms with Crippen molar-refractivity contribution in [2.75, 3.05) is 5.32 Å². The highest BCUT2D eigenvalue weighted by Crippen LogP contribution is 2.21. The highest BCUT2D eigenvalue weighted by Gasteiger charge is 2.20. The molecule has 0 aliphatic heterocycles. The van der Waals surface area contributed by atoms with Crippen molar-refractivity contribution < 1.29 is 9.21 Å². The summed E-state index contributed by atoms with van der Waals surface area (Å²) in [5, 5.41) is 7.45. The standard InChI is InChI=1S/C19H23N5O2/c1-4-24-15(3)18(14(2)22-24)21-19(25)23(13-17-9-7-11-26-17)12-16-8-5-6-10-20-16/h5-11H,4,12-13H2,1-3H3,(H,21,25). The van der Waals surface area contributed by atoms with Gasteiger partial charge in [-0.3, -0.25) is 9.67 Å². The summed E-state index contributed by atoms with van der Waals surface area (Å²) in [7, 11) is 0. The van der Waals surface area contributed by atoms with Gasteiger partial charge in [-0.05, 0) is 45.0 Å². The molecular formula is C19H23N5O2. The van der Waals surface area contributed by atoms with Gasteiger partial charge in [0.15, 0.2) is 0 Å². The van der Waals surface area contributed by atoms with Crippen molar-refractivity contribution in [2.24, 2.45) is 0 Å². The Kier molecular flexibility index (Phi) is 5.36. The van der Waals surface area contributed by atoms with Crippen molar-refractivity contribution in [1.82, 2.24) is 19.7 Å². The molecule has 0 radical (unpaired) electrons. The monoisotopic (exact) mass is 353 g/mol. The van der Waals surface area contributed by atoms with Crippen molar-refractivity contribution in [3.8, 4) is 0 Å². The number of pyridine rings is 1. The second-order valence-corrected chi connectivity index (χ2v) is 6.05. The van der Waals surface area contributed by atoms with Crippen molar-refractivity contribution in [3.63, 3.8) is 0 Å². The molecule has 3 rings (SSSR count). The molecule has 0 atom stereocenters. The zero-order valence-electron chi connectivity index (χ0n) is 15.3. The third kappa shape index (κ3) is 3.93. The molecule has 7 nitrogen and oxygen atoms in total. The number of nitrogens with zero attached hydrogens (tertiary/aromatic N) is 4. The number of anilines is 1. The number of nitrogens with one attached hydrogen (secondary N) is 1. The molecule has 0 aromatic carbocycles. The molecule has 0 spiro atoms. The lowest BCUT2D eigenvalue weighted by molar-refractivity contribution is 0.200. The van der Waals surface area contributed by atoms with Gasteiger partial charge < -0.3 is 14.6 Å². The maximum atomic E-state index is 13.0. The zero-order chi connectivity index (χ0) is 18.5. The van der Waals surface area contributed by atoms with Crippen LogP contribution >= 0.6 is 0 Å². The highest BCUT2D eigenvalue weighted by molar-refractivity contribution is 5.90. The van der Waals surface area contributed by atoms with Gasteiger partial charge in [0.05, 0.1) is 42.1 Å². The van der Waals surface area contributed by atoms with Gasteiger partial charge in [0, 0.05) is 12.7 Å². The Balaban J connectivity index is 1.81. The number of carbonyl (C=O) groups is 1. The minimum Gasteiger partial charge on any atom is -0.467 e. The number of hydrogen-bond acceptors (Lipinski definition) is 4. The molecule has 0 unspecified atom stereocenters. The second kappa shape index (κ2) is 7.86. The lowest BCUT2D eigenvalue weighted by atomic mass is 10.3. The molecule has 2 amide bonds. The van der Waals surface area contributed by atoms with Gasteiger partial charge in [-0.25, -0.2) is 4.79 Å². The Morgan fingerprint density at radius 3 is 2.69 bits per heavy atom. The number of aromatic nitrogens is 3. The van der Waals surface area contributed by atoms with Gasteiger partial charge in [-0.15, -0.1) is 0 Å². The fourth-order valence-corrected chi connectivity index (χ4v) is 2.85. The van der Waals surface area contributed by atoms with Crippen LogP contribution in [0.2, 0.25) is 0 Å². The van der Waals surface area contributed by atoms with Gasteiger partial charge >= 0.3 is 6.03 Å². The molecule has 0 fully saturated rings. The minimum atomic E-state index is -0.214. The first-order valence-corrected chi connectivity index (χ1v) is 8.60. The van der Waals surface area contributed by atoms with Gasteiger partial charge in [-0.2, -0.15) is 5.10 Å². The number of carbonyl (C=O) groups excluding carboxylic acids is 1. The summed E-state index contributed by atoms with van der Waals surface area (Å²) in [6.45, 7) is 7.36.